The van der Waals surface area contributed by atoms with E-state index in [1.54, 1.807) is 0 Å². The van der Waals surface area contributed by atoms with E-state index in [0.29, 0.717) is 19.0 Å². The number of nitrogens with one attached hydrogen (secondary N) is 1. The Hall–Kier alpha value is -0.593. The third-order valence-corrected chi connectivity index (χ3v) is 10.5. The molecule has 0 spiro atoms. The fourth-order valence-corrected chi connectivity index (χ4v) is 5.13. The molecule has 0 aromatic heterocycles. The first-order chi connectivity index (χ1) is 12.2. The lowest BCUT2D eigenvalue weighted by atomic mass is 9.81. The van der Waals surface area contributed by atoms with Gasteiger partial charge in [-0.2, -0.15) is 0 Å². The molecule has 1 saturated carbocycles. The van der Waals surface area contributed by atoms with E-state index in [-0.39, 0.29) is 5.04 Å². The van der Waals surface area contributed by atoms with Crippen LogP contribution in [0, 0.1) is 5.92 Å². The number of hydrogen-bond acceptors (Lipinski definition) is 4. The van der Waals surface area contributed by atoms with Crippen molar-refractivity contribution in [1.29, 1.82) is 0 Å². The molecule has 0 aliphatic heterocycles. The van der Waals surface area contributed by atoms with Gasteiger partial charge in [0.1, 0.15) is 5.60 Å². The van der Waals surface area contributed by atoms with Crippen LogP contribution in [0.3, 0.4) is 0 Å². The number of alkyl carbamates (subject to hydrolysis) is 1. The summed E-state index contributed by atoms with van der Waals surface area (Å²) in [5, 5.41) is 3.04. The summed E-state index contributed by atoms with van der Waals surface area (Å²) >= 11 is 0. The molecule has 1 fully saturated rings. The topological polar surface area (TPSA) is 73.6 Å². The van der Waals surface area contributed by atoms with Crippen molar-refractivity contribution in [2.24, 2.45) is 11.7 Å². The predicted octanol–water partition coefficient (Wildman–Crippen LogP) is 5.20. The highest BCUT2D eigenvalue weighted by Crippen LogP contribution is 2.41. The Balaban J connectivity index is 2.96. The molecular formula is C21H44N2O3Si. The smallest absolute Gasteiger partial charge is 0.407 e. The van der Waals surface area contributed by atoms with Gasteiger partial charge in [0.05, 0.1) is 5.60 Å². The first-order valence-electron chi connectivity index (χ1n) is 10.6. The molecule has 0 unspecified atom stereocenters. The van der Waals surface area contributed by atoms with Gasteiger partial charge in [0.15, 0.2) is 8.32 Å². The van der Waals surface area contributed by atoms with Gasteiger partial charge in [0.2, 0.25) is 0 Å². The van der Waals surface area contributed by atoms with Gasteiger partial charge in [-0.05, 0) is 51.2 Å². The molecule has 5 nitrogen and oxygen atoms in total. The number of carbonyl (C=O) groups excluding carboxylic acids is 1. The molecule has 1 aliphatic rings. The van der Waals surface area contributed by atoms with Crippen molar-refractivity contribution < 1.29 is 14.0 Å². The quantitative estimate of drug-likeness (QED) is 0.576. The minimum atomic E-state index is -2.04. The van der Waals surface area contributed by atoms with Crippen LogP contribution in [-0.4, -0.2) is 38.7 Å². The third-order valence-electron chi connectivity index (χ3n) is 5.99. The van der Waals surface area contributed by atoms with Crippen molar-refractivity contribution in [3.8, 4) is 0 Å². The predicted molar refractivity (Wildman–Crippen MR) is 115 cm³/mol. The van der Waals surface area contributed by atoms with Crippen LogP contribution in [0.25, 0.3) is 0 Å². The van der Waals surface area contributed by atoms with E-state index in [0.717, 1.165) is 6.42 Å². The average Bonchev–Trinajstić information content (AvgIpc) is 2.50. The van der Waals surface area contributed by atoms with Gasteiger partial charge in [0, 0.05) is 13.1 Å². The molecule has 1 atom stereocenters. The highest BCUT2D eigenvalue weighted by atomic mass is 28.4. The Bertz CT molecular complexity index is 477. The fraction of sp³-hybridized carbons (Fsp3) is 0.952. The summed E-state index contributed by atoms with van der Waals surface area (Å²) in [6, 6.07) is 0. The summed E-state index contributed by atoms with van der Waals surface area (Å²) < 4.78 is 12.3. The zero-order valence-electron chi connectivity index (χ0n) is 19.0. The molecule has 0 aromatic carbocycles. The summed E-state index contributed by atoms with van der Waals surface area (Å²) in [6.07, 6.45) is 6.86. The summed E-state index contributed by atoms with van der Waals surface area (Å²) in [7, 11) is -2.04. The van der Waals surface area contributed by atoms with E-state index in [4.69, 9.17) is 14.9 Å². The molecule has 0 aromatic rings. The third kappa shape index (κ3) is 8.12. The molecule has 0 heterocycles. The maximum absolute atomic E-state index is 12.3. The lowest BCUT2D eigenvalue weighted by Crippen LogP contribution is -2.59. The van der Waals surface area contributed by atoms with Crippen molar-refractivity contribution in [3.05, 3.63) is 0 Å². The monoisotopic (exact) mass is 400 g/mol. The second-order valence-electron chi connectivity index (χ2n) is 10.8. The molecule has 160 valence electrons. The minimum absolute atomic E-state index is 0.0892. The van der Waals surface area contributed by atoms with Crippen LogP contribution in [-0.2, 0) is 9.16 Å². The first kappa shape index (κ1) is 24.4. The van der Waals surface area contributed by atoms with Crippen molar-refractivity contribution >= 4 is 14.4 Å². The minimum Gasteiger partial charge on any atom is -0.444 e. The number of nitrogens with two attached hydrogens (primary N) is 1. The molecule has 1 amide bonds. The van der Waals surface area contributed by atoms with Crippen LogP contribution < -0.4 is 11.1 Å². The van der Waals surface area contributed by atoms with Gasteiger partial charge in [-0.15, -0.1) is 0 Å². The second kappa shape index (κ2) is 9.27. The Kier molecular flexibility index (Phi) is 8.39. The van der Waals surface area contributed by atoms with E-state index in [1.807, 2.05) is 20.8 Å². The molecule has 0 radical (unpaired) electrons. The van der Waals surface area contributed by atoms with Gasteiger partial charge in [0.25, 0.3) is 0 Å². The number of carbonyl (C=O) groups is 1. The maximum atomic E-state index is 12.3. The summed E-state index contributed by atoms with van der Waals surface area (Å²) in [6.45, 7) is 17.7. The van der Waals surface area contributed by atoms with E-state index in [1.165, 1.54) is 32.1 Å². The number of rotatable bonds is 7. The maximum Gasteiger partial charge on any atom is 0.407 e. The first-order valence-corrected chi connectivity index (χ1v) is 13.5. The molecule has 3 N–H and O–H groups in total. The van der Waals surface area contributed by atoms with E-state index < -0.39 is 25.6 Å². The van der Waals surface area contributed by atoms with Crippen molar-refractivity contribution in [3.63, 3.8) is 0 Å². The van der Waals surface area contributed by atoms with Crippen LogP contribution in [0.1, 0.15) is 80.1 Å². The van der Waals surface area contributed by atoms with Gasteiger partial charge >= 0.3 is 6.09 Å². The summed E-state index contributed by atoms with van der Waals surface area (Å²) in [5.41, 5.74) is 5.25. The SMILES string of the molecule is CC(C)(C)OC(=O)NC[C@](CN)(CC1CCCCC1)O[Si](C)(C)C(C)(C)C. The van der Waals surface area contributed by atoms with Crippen LogP contribution in [0.2, 0.25) is 18.1 Å². The lowest BCUT2D eigenvalue weighted by Gasteiger charge is -2.47. The zero-order valence-corrected chi connectivity index (χ0v) is 20.0. The second-order valence-corrected chi connectivity index (χ2v) is 15.5. The van der Waals surface area contributed by atoms with E-state index >= 15 is 0 Å². The highest BCUT2D eigenvalue weighted by Gasteiger charge is 2.45. The van der Waals surface area contributed by atoms with E-state index in [9.17, 15) is 4.79 Å². The largest absolute Gasteiger partial charge is 0.444 e. The average molecular weight is 401 g/mol. The van der Waals surface area contributed by atoms with Crippen LogP contribution in [0.4, 0.5) is 4.79 Å². The molecule has 1 aliphatic carbocycles. The lowest BCUT2D eigenvalue weighted by molar-refractivity contribution is 0.0183. The van der Waals surface area contributed by atoms with Crippen LogP contribution >= 0.6 is 0 Å². The van der Waals surface area contributed by atoms with Crippen molar-refractivity contribution in [2.75, 3.05) is 13.1 Å². The van der Waals surface area contributed by atoms with Crippen LogP contribution in [0.5, 0.6) is 0 Å². The molecular weight excluding hydrogens is 356 g/mol. The van der Waals surface area contributed by atoms with Crippen molar-refractivity contribution in [2.45, 2.75) is 109 Å². The number of hydrogen-bond donors (Lipinski definition) is 2. The Morgan fingerprint density at radius 2 is 1.63 bits per heavy atom. The molecule has 27 heavy (non-hydrogen) atoms. The normalized spacial score (nSPS) is 19.4. The number of ether oxygens (including phenoxy) is 1. The Labute approximate surface area is 168 Å². The van der Waals surface area contributed by atoms with Gasteiger partial charge < -0.3 is 20.2 Å². The Morgan fingerprint density at radius 3 is 2.07 bits per heavy atom. The molecule has 6 heteroatoms. The molecule has 0 saturated heterocycles. The summed E-state index contributed by atoms with van der Waals surface area (Å²) in [5.74, 6) is 0.618. The molecule has 0 bridgehead atoms. The zero-order chi connectivity index (χ0) is 20.9. The van der Waals surface area contributed by atoms with Gasteiger partial charge in [-0.25, -0.2) is 4.79 Å². The number of amides is 1. The van der Waals surface area contributed by atoms with Crippen molar-refractivity contribution in [1.82, 2.24) is 5.32 Å². The highest BCUT2D eigenvalue weighted by molar-refractivity contribution is 6.74. The standard InChI is InChI=1S/C21H44N2O3Si/c1-19(2,3)25-18(24)23-16-21(15-22,14-17-12-10-9-11-13-17)26-27(7,8)20(4,5)6/h17H,9-16,22H2,1-8H3,(H,23,24)/t21-/m1/s1. The van der Waals surface area contributed by atoms with Gasteiger partial charge in [-0.3, -0.25) is 0 Å². The Morgan fingerprint density at radius 1 is 1.07 bits per heavy atom. The fourth-order valence-electron chi connectivity index (χ4n) is 3.51. The van der Waals surface area contributed by atoms with Gasteiger partial charge in [-0.1, -0.05) is 52.9 Å². The summed E-state index contributed by atoms with van der Waals surface area (Å²) in [4.78, 5) is 12.3. The van der Waals surface area contributed by atoms with E-state index in [2.05, 4.69) is 39.2 Å². The van der Waals surface area contributed by atoms with Crippen LogP contribution in [0.15, 0.2) is 0 Å². The molecule has 1 rings (SSSR count).